The molecule has 1 aromatic rings. The summed E-state index contributed by atoms with van der Waals surface area (Å²) in [6, 6.07) is 7.25. The van der Waals surface area contributed by atoms with E-state index in [1.165, 1.54) is 76.6 Å². The van der Waals surface area contributed by atoms with Crippen LogP contribution in [0.15, 0.2) is 18.2 Å². The summed E-state index contributed by atoms with van der Waals surface area (Å²) in [5.41, 5.74) is 5.19. The van der Waals surface area contributed by atoms with E-state index in [9.17, 15) is 0 Å². The van der Waals surface area contributed by atoms with Gasteiger partial charge in [0, 0.05) is 18.6 Å². The number of hydrogen-bond donors (Lipinski definition) is 1. The van der Waals surface area contributed by atoms with E-state index >= 15 is 0 Å². The Kier molecular flexibility index (Phi) is 3.76. The van der Waals surface area contributed by atoms with Crippen LogP contribution in [-0.4, -0.2) is 30.1 Å². The first kappa shape index (κ1) is 13.8. The predicted molar refractivity (Wildman–Crippen MR) is 87.6 cm³/mol. The van der Waals surface area contributed by atoms with Gasteiger partial charge in [-0.2, -0.15) is 0 Å². The Hall–Kier alpha value is -0.860. The van der Waals surface area contributed by atoms with E-state index in [0.29, 0.717) is 5.54 Å². The highest BCUT2D eigenvalue weighted by Gasteiger charge is 2.36. The van der Waals surface area contributed by atoms with Crippen molar-refractivity contribution in [3.8, 4) is 0 Å². The maximum absolute atomic E-state index is 3.87. The van der Waals surface area contributed by atoms with Gasteiger partial charge in [-0.15, -0.1) is 0 Å². The third-order valence-electron chi connectivity index (χ3n) is 5.81. The number of benzene rings is 1. The molecule has 0 unspecified atom stereocenters. The zero-order valence-electron chi connectivity index (χ0n) is 13.2. The molecule has 2 aliphatic carbocycles. The molecular weight excluding hydrogens is 256 g/mol. The molecule has 2 fully saturated rings. The van der Waals surface area contributed by atoms with E-state index in [0.717, 1.165) is 6.54 Å². The van der Waals surface area contributed by atoms with Crippen LogP contribution >= 0.6 is 0 Å². The number of hydrogen-bond acceptors (Lipinski definition) is 2. The van der Waals surface area contributed by atoms with Crippen LogP contribution in [0.5, 0.6) is 0 Å². The topological polar surface area (TPSA) is 15.3 Å². The molecule has 2 nitrogen and oxygen atoms in total. The minimum atomic E-state index is 0.438. The SMILES string of the molecule is c1cc2c(cc1CN1CCCNC3(CCCC3)C1)CCC2. The van der Waals surface area contributed by atoms with Gasteiger partial charge in [-0.3, -0.25) is 4.90 Å². The average Bonchev–Trinajstić information content (AvgIpc) is 3.07. The molecule has 114 valence electrons. The van der Waals surface area contributed by atoms with Crippen LogP contribution in [0.3, 0.4) is 0 Å². The number of nitrogens with zero attached hydrogens (tertiary/aromatic N) is 1. The van der Waals surface area contributed by atoms with Crippen molar-refractivity contribution in [2.45, 2.75) is 63.5 Å². The minimum absolute atomic E-state index is 0.438. The van der Waals surface area contributed by atoms with Crippen molar-refractivity contribution >= 4 is 0 Å². The van der Waals surface area contributed by atoms with Crippen molar-refractivity contribution in [3.05, 3.63) is 34.9 Å². The van der Waals surface area contributed by atoms with E-state index in [1.54, 1.807) is 11.1 Å². The first-order valence-corrected chi connectivity index (χ1v) is 8.91. The molecule has 21 heavy (non-hydrogen) atoms. The Morgan fingerprint density at radius 1 is 1.00 bits per heavy atom. The maximum Gasteiger partial charge on any atom is 0.0308 e. The van der Waals surface area contributed by atoms with Crippen molar-refractivity contribution in [1.82, 2.24) is 10.2 Å². The summed E-state index contributed by atoms with van der Waals surface area (Å²) in [7, 11) is 0. The van der Waals surface area contributed by atoms with Crippen LogP contribution in [0.1, 0.15) is 55.2 Å². The molecule has 0 aromatic heterocycles. The standard InChI is InChI=1S/C19H28N2/c1-2-10-19(9-1)15-21(12-4-11-20-19)14-16-7-8-17-5-3-6-18(17)13-16/h7-8,13,20H,1-6,9-12,14-15H2. The average molecular weight is 284 g/mol. The molecule has 1 heterocycles. The molecule has 1 aromatic carbocycles. The Balaban J connectivity index is 1.48. The van der Waals surface area contributed by atoms with Crippen LogP contribution in [0, 0.1) is 0 Å². The van der Waals surface area contributed by atoms with E-state index in [2.05, 4.69) is 28.4 Å². The fourth-order valence-corrected chi connectivity index (χ4v) is 4.72. The van der Waals surface area contributed by atoms with Crippen molar-refractivity contribution in [2.75, 3.05) is 19.6 Å². The highest BCUT2D eigenvalue weighted by atomic mass is 15.2. The molecule has 0 amide bonds. The summed E-state index contributed by atoms with van der Waals surface area (Å²) in [5.74, 6) is 0. The first-order valence-electron chi connectivity index (χ1n) is 8.91. The largest absolute Gasteiger partial charge is 0.310 e. The van der Waals surface area contributed by atoms with Crippen molar-refractivity contribution in [2.24, 2.45) is 0 Å². The highest BCUT2D eigenvalue weighted by Crippen LogP contribution is 2.32. The maximum atomic E-state index is 3.87. The summed E-state index contributed by atoms with van der Waals surface area (Å²) >= 11 is 0. The van der Waals surface area contributed by atoms with E-state index < -0.39 is 0 Å². The lowest BCUT2D eigenvalue weighted by atomic mass is 9.97. The van der Waals surface area contributed by atoms with Gasteiger partial charge in [-0.1, -0.05) is 31.0 Å². The zero-order valence-corrected chi connectivity index (χ0v) is 13.2. The van der Waals surface area contributed by atoms with Gasteiger partial charge in [0.15, 0.2) is 0 Å². The first-order chi connectivity index (χ1) is 10.3. The van der Waals surface area contributed by atoms with Gasteiger partial charge < -0.3 is 5.32 Å². The van der Waals surface area contributed by atoms with Gasteiger partial charge in [0.2, 0.25) is 0 Å². The normalized spacial score (nSPS) is 25.1. The number of nitrogens with one attached hydrogen (secondary N) is 1. The molecule has 1 spiro atoms. The van der Waals surface area contributed by atoms with Gasteiger partial charge in [0.25, 0.3) is 0 Å². The smallest absolute Gasteiger partial charge is 0.0308 e. The fraction of sp³-hybridized carbons (Fsp3) is 0.684. The van der Waals surface area contributed by atoms with Crippen LogP contribution in [0.2, 0.25) is 0 Å². The second-order valence-corrected chi connectivity index (χ2v) is 7.44. The molecule has 4 rings (SSSR count). The molecule has 1 aliphatic heterocycles. The van der Waals surface area contributed by atoms with Gasteiger partial charge in [-0.25, -0.2) is 0 Å². The molecule has 0 atom stereocenters. The summed E-state index contributed by atoms with van der Waals surface area (Å²) in [6.45, 7) is 4.87. The monoisotopic (exact) mass is 284 g/mol. The Labute approximate surface area is 128 Å². The Morgan fingerprint density at radius 3 is 2.76 bits per heavy atom. The zero-order chi connectivity index (χ0) is 14.1. The van der Waals surface area contributed by atoms with Gasteiger partial charge in [0.1, 0.15) is 0 Å². The minimum Gasteiger partial charge on any atom is -0.310 e. The Morgan fingerprint density at radius 2 is 1.86 bits per heavy atom. The third-order valence-corrected chi connectivity index (χ3v) is 5.81. The van der Waals surface area contributed by atoms with Gasteiger partial charge in [-0.05, 0) is 68.3 Å². The van der Waals surface area contributed by atoms with Crippen LogP contribution in [0.25, 0.3) is 0 Å². The van der Waals surface area contributed by atoms with E-state index in [1.807, 2.05) is 0 Å². The van der Waals surface area contributed by atoms with Crippen LogP contribution < -0.4 is 5.32 Å². The third kappa shape index (κ3) is 2.89. The Bertz CT molecular complexity index is 502. The second kappa shape index (κ2) is 5.73. The van der Waals surface area contributed by atoms with Crippen molar-refractivity contribution < 1.29 is 0 Å². The highest BCUT2D eigenvalue weighted by molar-refractivity contribution is 5.35. The lowest BCUT2D eigenvalue weighted by Gasteiger charge is -2.33. The summed E-state index contributed by atoms with van der Waals surface area (Å²) in [4.78, 5) is 2.71. The molecule has 2 heteroatoms. The molecule has 0 radical (unpaired) electrons. The van der Waals surface area contributed by atoms with Crippen LogP contribution in [-0.2, 0) is 19.4 Å². The molecule has 1 saturated heterocycles. The van der Waals surface area contributed by atoms with E-state index in [-0.39, 0.29) is 0 Å². The molecule has 3 aliphatic rings. The number of fused-ring (bicyclic) bond motifs is 1. The quantitative estimate of drug-likeness (QED) is 0.896. The summed E-state index contributed by atoms with van der Waals surface area (Å²) in [6.07, 6.45) is 10.9. The number of aryl methyl sites for hydroxylation is 2. The van der Waals surface area contributed by atoms with Gasteiger partial charge in [0.05, 0.1) is 0 Å². The van der Waals surface area contributed by atoms with E-state index in [4.69, 9.17) is 0 Å². The molecule has 1 saturated carbocycles. The fourth-order valence-electron chi connectivity index (χ4n) is 4.72. The molecule has 0 bridgehead atoms. The molecule has 1 N–H and O–H groups in total. The van der Waals surface area contributed by atoms with Crippen molar-refractivity contribution in [3.63, 3.8) is 0 Å². The van der Waals surface area contributed by atoms with Crippen molar-refractivity contribution in [1.29, 1.82) is 0 Å². The summed E-state index contributed by atoms with van der Waals surface area (Å²) < 4.78 is 0. The lowest BCUT2D eigenvalue weighted by Crippen LogP contribution is -2.49. The van der Waals surface area contributed by atoms with Gasteiger partial charge >= 0.3 is 0 Å². The predicted octanol–water partition coefficient (Wildman–Crippen LogP) is 3.28. The lowest BCUT2D eigenvalue weighted by molar-refractivity contribution is 0.203. The number of rotatable bonds is 2. The second-order valence-electron chi connectivity index (χ2n) is 7.44. The van der Waals surface area contributed by atoms with Crippen LogP contribution in [0.4, 0.5) is 0 Å². The summed E-state index contributed by atoms with van der Waals surface area (Å²) in [5, 5.41) is 3.87. The molecular formula is C19H28N2.